The van der Waals surface area contributed by atoms with Gasteiger partial charge in [-0.15, -0.1) is 0 Å². The van der Waals surface area contributed by atoms with E-state index in [0.717, 1.165) is 19.4 Å². The Morgan fingerprint density at radius 2 is 2.00 bits per heavy atom. The van der Waals surface area contributed by atoms with Crippen LogP contribution in [-0.2, 0) is 4.74 Å². The average molecular weight is 256 g/mol. The molecule has 1 unspecified atom stereocenters. The van der Waals surface area contributed by atoms with Crippen LogP contribution in [0.5, 0.6) is 5.75 Å². The first kappa shape index (κ1) is 13.1. The van der Waals surface area contributed by atoms with Crippen LogP contribution in [0.1, 0.15) is 11.7 Å². The van der Waals surface area contributed by atoms with Crippen LogP contribution < -0.4 is 4.74 Å². The minimum Gasteiger partial charge on any atom is -0.493 e. The van der Waals surface area contributed by atoms with Crippen LogP contribution in [0.15, 0.2) is 12.3 Å². The summed E-state index contributed by atoms with van der Waals surface area (Å²) in [7, 11) is 2.18. The molecule has 0 aliphatic rings. The molecule has 0 bridgehead atoms. The summed E-state index contributed by atoms with van der Waals surface area (Å²) in [5, 5.41) is -0.133. The second kappa shape index (κ2) is 4.88. The van der Waals surface area contributed by atoms with Gasteiger partial charge in [0, 0.05) is 18.9 Å². The maximum Gasteiger partial charge on any atom is 0.418 e. The minimum absolute atomic E-state index is 0.131. The molecule has 0 N–H and O–H groups in total. The van der Waals surface area contributed by atoms with Crippen molar-refractivity contribution in [3.8, 4) is 5.75 Å². The summed E-state index contributed by atoms with van der Waals surface area (Å²) in [6, 6.07) is 1.16. The van der Waals surface area contributed by atoms with Crippen LogP contribution in [-0.4, -0.2) is 25.4 Å². The van der Waals surface area contributed by atoms with Crippen molar-refractivity contribution in [1.82, 2.24) is 4.98 Å². The number of methoxy groups -OCH3 is 2. The third kappa shape index (κ3) is 2.56. The van der Waals surface area contributed by atoms with Crippen molar-refractivity contribution in [1.29, 1.82) is 0 Å². The maximum atomic E-state index is 12.6. The second-order valence-corrected chi connectivity index (χ2v) is 3.24. The molecule has 0 amide bonds. The van der Waals surface area contributed by atoms with Gasteiger partial charge in [-0.1, -0.05) is 11.6 Å². The van der Waals surface area contributed by atoms with E-state index in [-0.39, 0.29) is 16.5 Å². The molecule has 0 fully saturated rings. The Morgan fingerprint density at radius 1 is 1.38 bits per heavy atom. The summed E-state index contributed by atoms with van der Waals surface area (Å²) < 4.78 is 47.0. The first-order chi connectivity index (χ1) is 7.41. The number of rotatable bonds is 3. The Hall–Kier alpha value is -1.01. The molecule has 7 heteroatoms. The highest BCUT2D eigenvalue weighted by molar-refractivity contribution is 6.30. The molecule has 1 aromatic rings. The third-order valence-corrected chi connectivity index (χ3v) is 2.18. The molecule has 0 aliphatic heterocycles. The van der Waals surface area contributed by atoms with Crippen molar-refractivity contribution in [3.05, 3.63) is 23.0 Å². The fraction of sp³-hybridized carbons (Fsp3) is 0.444. The molecule has 3 nitrogen and oxygen atoms in total. The summed E-state index contributed by atoms with van der Waals surface area (Å²) in [4.78, 5) is 3.63. The topological polar surface area (TPSA) is 31.4 Å². The maximum absolute atomic E-state index is 12.6. The standard InChI is InChI=1S/C9H9ClF3NO2/c1-15-6-5(3-4-14-8(6)10)7(16-2)9(11,12)13/h3-4,7H,1-2H3. The van der Waals surface area contributed by atoms with E-state index in [9.17, 15) is 13.2 Å². The molecule has 1 rings (SSSR count). The quantitative estimate of drug-likeness (QED) is 0.778. The van der Waals surface area contributed by atoms with E-state index in [1.165, 1.54) is 7.11 Å². The summed E-state index contributed by atoms with van der Waals surface area (Å²) >= 11 is 5.62. The molecule has 0 saturated carbocycles. The summed E-state index contributed by atoms with van der Waals surface area (Å²) in [6.07, 6.45) is -5.45. The number of nitrogens with zero attached hydrogens (tertiary/aromatic N) is 1. The van der Waals surface area contributed by atoms with Crippen LogP contribution >= 0.6 is 11.6 Å². The normalized spacial score (nSPS) is 13.6. The van der Waals surface area contributed by atoms with Crippen molar-refractivity contribution in [2.24, 2.45) is 0 Å². The lowest BCUT2D eigenvalue weighted by atomic mass is 10.1. The smallest absolute Gasteiger partial charge is 0.418 e. The lowest BCUT2D eigenvalue weighted by molar-refractivity contribution is -0.216. The number of alkyl halides is 3. The molecule has 1 heterocycles. The largest absolute Gasteiger partial charge is 0.493 e. The first-order valence-corrected chi connectivity index (χ1v) is 4.57. The number of ether oxygens (including phenoxy) is 2. The number of halogens is 4. The fourth-order valence-corrected chi connectivity index (χ4v) is 1.52. The molecule has 0 aromatic carbocycles. The Morgan fingerprint density at radius 3 is 2.44 bits per heavy atom. The van der Waals surface area contributed by atoms with Crippen LogP contribution in [0.25, 0.3) is 0 Å². The highest BCUT2D eigenvalue weighted by atomic mass is 35.5. The van der Waals surface area contributed by atoms with Crippen molar-refractivity contribution in [2.45, 2.75) is 12.3 Å². The SMILES string of the molecule is COc1c(C(OC)C(F)(F)F)ccnc1Cl. The van der Waals surface area contributed by atoms with Gasteiger partial charge in [-0.2, -0.15) is 13.2 Å². The predicted molar refractivity (Wildman–Crippen MR) is 51.6 cm³/mol. The van der Waals surface area contributed by atoms with E-state index in [2.05, 4.69) is 9.72 Å². The zero-order valence-corrected chi connectivity index (χ0v) is 9.26. The molecular formula is C9H9ClF3NO2. The molecule has 90 valence electrons. The molecule has 16 heavy (non-hydrogen) atoms. The number of hydrogen-bond acceptors (Lipinski definition) is 3. The van der Waals surface area contributed by atoms with E-state index in [0.29, 0.717) is 0 Å². The lowest BCUT2D eigenvalue weighted by Gasteiger charge is -2.21. The van der Waals surface area contributed by atoms with E-state index in [1.807, 2.05) is 0 Å². The van der Waals surface area contributed by atoms with Crippen LogP contribution in [0.2, 0.25) is 5.15 Å². The summed E-state index contributed by atoms with van der Waals surface area (Å²) in [5.41, 5.74) is -0.197. The Labute approximate surface area is 95.1 Å². The van der Waals surface area contributed by atoms with Gasteiger partial charge >= 0.3 is 6.18 Å². The molecule has 0 aliphatic carbocycles. The fourth-order valence-electron chi connectivity index (χ4n) is 1.28. The van der Waals surface area contributed by atoms with Gasteiger partial charge in [-0.3, -0.25) is 0 Å². The average Bonchev–Trinajstić information content (AvgIpc) is 2.17. The van der Waals surface area contributed by atoms with Crippen molar-refractivity contribution in [3.63, 3.8) is 0 Å². The Balaban J connectivity index is 3.25. The van der Waals surface area contributed by atoms with Gasteiger partial charge in [0.25, 0.3) is 0 Å². The lowest BCUT2D eigenvalue weighted by Crippen LogP contribution is -2.23. The zero-order valence-electron chi connectivity index (χ0n) is 8.51. The van der Waals surface area contributed by atoms with Crippen molar-refractivity contribution >= 4 is 11.6 Å². The number of pyridine rings is 1. The van der Waals surface area contributed by atoms with Gasteiger partial charge in [0.1, 0.15) is 0 Å². The monoisotopic (exact) mass is 255 g/mol. The molecule has 1 aromatic heterocycles. The predicted octanol–water partition coefficient (Wildman–Crippen LogP) is 2.99. The van der Waals surface area contributed by atoms with Gasteiger partial charge in [0.05, 0.1) is 7.11 Å². The summed E-state index contributed by atoms with van der Waals surface area (Å²) in [6.45, 7) is 0. The van der Waals surface area contributed by atoms with Crippen LogP contribution in [0, 0.1) is 0 Å². The molecule has 1 atom stereocenters. The van der Waals surface area contributed by atoms with Crippen molar-refractivity contribution < 1.29 is 22.6 Å². The Kier molecular flexibility index (Phi) is 3.98. The molecular weight excluding hydrogens is 247 g/mol. The minimum atomic E-state index is -4.54. The third-order valence-electron chi connectivity index (χ3n) is 1.91. The second-order valence-electron chi connectivity index (χ2n) is 2.88. The highest BCUT2D eigenvalue weighted by Gasteiger charge is 2.43. The van der Waals surface area contributed by atoms with Gasteiger partial charge in [-0.05, 0) is 6.07 Å². The highest BCUT2D eigenvalue weighted by Crippen LogP contribution is 2.41. The molecule has 0 spiro atoms. The number of aromatic nitrogens is 1. The zero-order chi connectivity index (χ0) is 12.3. The van der Waals surface area contributed by atoms with Crippen LogP contribution in [0.3, 0.4) is 0 Å². The summed E-state index contributed by atoms with van der Waals surface area (Å²) in [5.74, 6) is -0.131. The number of hydrogen-bond donors (Lipinski definition) is 0. The van der Waals surface area contributed by atoms with Gasteiger partial charge < -0.3 is 9.47 Å². The van der Waals surface area contributed by atoms with Gasteiger partial charge in [-0.25, -0.2) is 4.98 Å². The van der Waals surface area contributed by atoms with Crippen molar-refractivity contribution in [2.75, 3.05) is 14.2 Å². The molecule has 0 radical (unpaired) electrons. The van der Waals surface area contributed by atoms with E-state index < -0.39 is 12.3 Å². The van der Waals surface area contributed by atoms with E-state index >= 15 is 0 Å². The van der Waals surface area contributed by atoms with E-state index in [1.54, 1.807) is 0 Å². The Bertz CT molecular complexity index is 370. The molecule has 0 saturated heterocycles. The first-order valence-electron chi connectivity index (χ1n) is 4.19. The van der Waals surface area contributed by atoms with Gasteiger partial charge in [0.2, 0.25) is 0 Å². The van der Waals surface area contributed by atoms with Crippen LogP contribution in [0.4, 0.5) is 13.2 Å². The van der Waals surface area contributed by atoms with E-state index in [4.69, 9.17) is 16.3 Å². The van der Waals surface area contributed by atoms with Gasteiger partial charge in [0.15, 0.2) is 17.0 Å².